The van der Waals surface area contributed by atoms with Crippen LogP contribution in [0.4, 0.5) is 5.82 Å². The van der Waals surface area contributed by atoms with Crippen LogP contribution < -0.4 is 15.0 Å². The summed E-state index contributed by atoms with van der Waals surface area (Å²) in [6.45, 7) is 5.83. The van der Waals surface area contributed by atoms with Gasteiger partial charge in [0.05, 0.1) is 11.6 Å². The van der Waals surface area contributed by atoms with Gasteiger partial charge in [-0.25, -0.2) is 4.98 Å². The van der Waals surface area contributed by atoms with E-state index in [0.29, 0.717) is 30.6 Å². The van der Waals surface area contributed by atoms with E-state index in [0.717, 1.165) is 80.2 Å². The standard InChI is InChI=1S/C33H35N5O5/c39-31-8-6-28(32(40)35-31)38-17-23-14-24(3-4-26(23)33(38)41)43-25-9-11-36(18-25)15-20-1-5-27-21(13-20)2-7-30(34-27)37-16-22-10-12-42-29(22)19-37/h1-5,7,13-14,22,25,28-29H,6,8-12,15-19H2,(H,35,39,40)/t22-,25+,28?,29+/m1/s1. The fourth-order valence-electron chi connectivity index (χ4n) is 7.42. The second-order valence-corrected chi connectivity index (χ2v) is 12.5. The molecule has 222 valence electrons. The van der Waals surface area contributed by atoms with E-state index in [1.807, 2.05) is 12.1 Å². The first-order valence-electron chi connectivity index (χ1n) is 15.4. The molecule has 0 aliphatic carbocycles. The highest BCUT2D eigenvalue weighted by Crippen LogP contribution is 2.33. The molecule has 3 amide bonds. The van der Waals surface area contributed by atoms with E-state index in [4.69, 9.17) is 14.5 Å². The summed E-state index contributed by atoms with van der Waals surface area (Å²) in [5.41, 5.74) is 3.74. The van der Waals surface area contributed by atoms with Crippen LogP contribution in [0.2, 0.25) is 0 Å². The number of hydrogen-bond donors (Lipinski definition) is 1. The van der Waals surface area contributed by atoms with E-state index in [9.17, 15) is 14.4 Å². The Kier molecular flexibility index (Phi) is 6.56. The van der Waals surface area contributed by atoms with Gasteiger partial charge in [0, 0.05) is 69.2 Å². The van der Waals surface area contributed by atoms with Crippen molar-refractivity contribution in [1.29, 1.82) is 0 Å². The molecule has 2 aromatic carbocycles. The van der Waals surface area contributed by atoms with Crippen LogP contribution in [-0.2, 0) is 27.4 Å². The lowest BCUT2D eigenvalue weighted by Gasteiger charge is -2.29. The molecular weight excluding hydrogens is 546 g/mol. The van der Waals surface area contributed by atoms with Crippen LogP contribution in [0.5, 0.6) is 5.75 Å². The van der Waals surface area contributed by atoms with E-state index >= 15 is 0 Å². The van der Waals surface area contributed by atoms with Gasteiger partial charge in [0.2, 0.25) is 11.8 Å². The van der Waals surface area contributed by atoms with Crippen molar-refractivity contribution in [3.05, 3.63) is 65.2 Å². The van der Waals surface area contributed by atoms with Crippen LogP contribution >= 0.6 is 0 Å². The van der Waals surface area contributed by atoms with Gasteiger partial charge in [-0.05, 0) is 72.9 Å². The van der Waals surface area contributed by atoms with E-state index in [1.165, 1.54) is 5.56 Å². The van der Waals surface area contributed by atoms with E-state index in [-0.39, 0.29) is 24.3 Å². The van der Waals surface area contributed by atoms with Gasteiger partial charge in [-0.1, -0.05) is 6.07 Å². The number of pyridine rings is 1. The van der Waals surface area contributed by atoms with Crippen LogP contribution in [0.3, 0.4) is 0 Å². The Hall–Kier alpha value is -4.02. The van der Waals surface area contributed by atoms with Crippen LogP contribution in [0.1, 0.15) is 47.2 Å². The number of amides is 3. The third kappa shape index (κ3) is 5.02. The third-order valence-electron chi connectivity index (χ3n) is 9.70. The minimum absolute atomic E-state index is 0.0648. The number of imide groups is 1. The number of ether oxygens (including phenoxy) is 2. The monoisotopic (exact) mass is 581 g/mol. The highest BCUT2D eigenvalue weighted by Gasteiger charge is 2.40. The average Bonchev–Trinajstić information content (AvgIpc) is 3.78. The number of aromatic nitrogens is 1. The number of benzene rings is 2. The van der Waals surface area contributed by atoms with Crippen LogP contribution in [-0.4, -0.2) is 83.5 Å². The van der Waals surface area contributed by atoms with Crippen molar-refractivity contribution in [3.63, 3.8) is 0 Å². The molecule has 43 heavy (non-hydrogen) atoms. The van der Waals surface area contributed by atoms with Crippen LogP contribution in [0.15, 0.2) is 48.5 Å². The zero-order valence-corrected chi connectivity index (χ0v) is 24.0. The van der Waals surface area contributed by atoms with E-state index < -0.39 is 11.9 Å². The number of piperidine rings is 1. The largest absolute Gasteiger partial charge is 0.489 e. The number of hydrogen-bond acceptors (Lipinski definition) is 8. The first-order chi connectivity index (χ1) is 21.0. The van der Waals surface area contributed by atoms with Crippen molar-refractivity contribution >= 4 is 34.4 Å². The summed E-state index contributed by atoms with van der Waals surface area (Å²) < 4.78 is 12.2. The Bertz CT molecular complexity index is 1610. The SMILES string of the molecule is O=C1CCC(N2Cc3cc(O[C@H]4CCN(Cc5ccc6nc(N7C[C@H]8CCO[C@H]8C7)ccc6c5)C4)ccc3C2=O)C(=O)N1. The number of likely N-dealkylation sites (tertiary alicyclic amines) is 1. The molecule has 3 aromatic rings. The summed E-state index contributed by atoms with van der Waals surface area (Å²) in [4.78, 5) is 48.2. The van der Waals surface area contributed by atoms with Gasteiger partial charge in [0.1, 0.15) is 23.7 Å². The topological polar surface area (TPSA) is 104 Å². The smallest absolute Gasteiger partial charge is 0.255 e. The van der Waals surface area contributed by atoms with Crippen molar-refractivity contribution < 1.29 is 23.9 Å². The van der Waals surface area contributed by atoms with Gasteiger partial charge in [0.15, 0.2) is 0 Å². The maximum Gasteiger partial charge on any atom is 0.255 e. The minimum Gasteiger partial charge on any atom is -0.489 e. The maximum atomic E-state index is 13.0. The lowest BCUT2D eigenvalue weighted by Crippen LogP contribution is -2.52. The fraction of sp³-hybridized carbons (Fsp3) is 0.455. The number of fused-ring (bicyclic) bond motifs is 3. The molecule has 10 nitrogen and oxygen atoms in total. The molecule has 8 rings (SSSR count). The zero-order valence-electron chi connectivity index (χ0n) is 24.0. The lowest BCUT2D eigenvalue weighted by molar-refractivity contribution is -0.136. The van der Waals surface area contributed by atoms with Crippen molar-refractivity contribution in [3.8, 4) is 5.75 Å². The lowest BCUT2D eigenvalue weighted by atomic mass is 10.0. The summed E-state index contributed by atoms with van der Waals surface area (Å²) in [7, 11) is 0. The number of carbonyl (C=O) groups is 3. The molecule has 0 spiro atoms. The molecule has 1 N–H and O–H groups in total. The molecule has 0 saturated carbocycles. The fourth-order valence-corrected chi connectivity index (χ4v) is 7.42. The van der Waals surface area contributed by atoms with Crippen molar-refractivity contribution in [2.45, 2.75) is 57.0 Å². The quantitative estimate of drug-likeness (QED) is 0.444. The second-order valence-electron chi connectivity index (χ2n) is 12.5. The van der Waals surface area contributed by atoms with Gasteiger partial charge in [-0.15, -0.1) is 0 Å². The summed E-state index contributed by atoms with van der Waals surface area (Å²) in [6, 6.07) is 15.8. The predicted octanol–water partition coefficient (Wildman–Crippen LogP) is 2.87. The summed E-state index contributed by atoms with van der Waals surface area (Å²) in [5, 5.41) is 3.51. The number of carbonyl (C=O) groups excluding carboxylic acids is 3. The molecular formula is C33H35N5O5. The van der Waals surface area contributed by atoms with E-state index in [1.54, 1.807) is 11.0 Å². The molecule has 1 unspecified atom stereocenters. The summed E-state index contributed by atoms with van der Waals surface area (Å²) >= 11 is 0. The van der Waals surface area contributed by atoms with E-state index in [2.05, 4.69) is 45.4 Å². The number of rotatable bonds is 6. The Morgan fingerprint density at radius 3 is 2.79 bits per heavy atom. The van der Waals surface area contributed by atoms with Gasteiger partial charge in [-0.3, -0.25) is 24.6 Å². The van der Waals surface area contributed by atoms with Crippen molar-refractivity contribution in [2.75, 3.05) is 37.7 Å². The first kappa shape index (κ1) is 26.6. The Labute approximate surface area is 249 Å². The molecule has 4 fully saturated rings. The van der Waals surface area contributed by atoms with Gasteiger partial charge >= 0.3 is 0 Å². The first-order valence-corrected chi connectivity index (χ1v) is 15.4. The van der Waals surface area contributed by atoms with Gasteiger partial charge in [0.25, 0.3) is 5.91 Å². The number of nitrogens with zero attached hydrogens (tertiary/aromatic N) is 4. The summed E-state index contributed by atoms with van der Waals surface area (Å²) in [5.74, 6) is 1.57. The molecule has 4 atom stereocenters. The Morgan fingerprint density at radius 1 is 0.977 bits per heavy atom. The average molecular weight is 582 g/mol. The zero-order chi connectivity index (χ0) is 29.1. The number of anilines is 1. The molecule has 10 heteroatoms. The predicted molar refractivity (Wildman–Crippen MR) is 159 cm³/mol. The maximum absolute atomic E-state index is 13.0. The Balaban J connectivity index is 0.877. The van der Waals surface area contributed by atoms with Crippen molar-refractivity contribution in [2.24, 2.45) is 5.92 Å². The second kappa shape index (κ2) is 10.6. The summed E-state index contributed by atoms with van der Waals surface area (Å²) in [6.07, 6.45) is 3.11. The molecule has 5 aliphatic rings. The molecule has 6 heterocycles. The van der Waals surface area contributed by atoms with Crippen LogP contribution in [0.25, 0.3) is 10.9 Å². The van der Waals surface area contributed by atoms with Gasteiger partial charge < -0.3 is 19.3 Å². The molecule has 4 saturated heterocycles. The third-order valence-corrected chi connectivity index (χ3v) is 9.70. The molecule has 0 radical (unpaired) electrons. The Morgan fingerprint density at radius 2 is 1.91 bits per heavy atom. The molecule has 1 aromatic heterocycles. The normalized spacial score (nSPS) is 27.2. The highest BCUT2D eigenvalue weighted by molar-refractivity contribution is 6.05. The van der Waals surface area contributed by atoms with Crippen LogP contribution in [0, 0.1) is 5.92 Å². The van der Waals surface area contributed by atoms with Crippen molar-refractivity contribution in [1.82, 2.24) is 20.1 Å². The van der Waals surface area contributed by atoms with Gasteiger partial charge in [-0.2, -0.15) is 0 Å². The number of nitrogens with one attached hydrogen (secondary N) is 1. The molecule has 5 aliphatic heterocycles. The molecule has 0 bridgehead atoms. The minimum atomic E-state index is -0.613. The highest BCUT2D eigenvalue weighted by atomic mass is 16.5.